The second-order valence-electron chi connectivity index (χ2n) is 7.31. The standard InChI is InChI=1S/C21H24ClF3N2O4S/c1-13-5-6-14(2)19(11-13)31-10-9-26-20(28)15(3)27(32(4,29)30)16-7-8-18(22)17(12-16)21(23,24)25/h5-8,11-12,15H,9-10H2,1-4H3,(H,26,28)/t15-/m0/s1. The molecule has 1 amide bonds. The highest BCUT2D eigenvalue weighted by Crippen LogP contribution is 2.37. The van der Waals surface area contributed by atoms with Gasteiger partial charge in [0, 0.05) is 0 Å². The van der Waals surface area contributed by atoms with E-state index in [1.54, 1.807) is 0 Å². The Kier molecular flexibility index (Phi) is 8.06. The van der Waals surface area contributed by atoms with Crippen molar-refractivity contribution in [1.82, 2.24) is 5.32 Å². The molecular weight excluding hydrogens is 469 g/mol. The van der Waals surface area contributed by atoms with Crippen LogP contribution in [0.15, 0.2) is 36.4 Å². The van der Waals surface area contributed by atoms with Gasteiger partial charge < -0.3 is 10.1 Å². The zero-order valence-corrected chi connectivity index (χ0v) is 19.5. The summed E-state index contributed by atoms with van der Waals surface area (Å²) in [5.41, 5.74) is 0.411. The highest BCUT2D eigenvalue weighted by molar-refractivity contribution is 7.92. The van der Waals surface area contributed by atoms with Gasteiger partial charge in [-0.05, 0) is 56.2 Å². The van der Waals surface area contributed by atoms with Crippen LogP contribution in [0.1, 0.15) is 23.6 Å². The van der Waals surface area contributed by atoms with Crippen molar-refractivity contribution in [1.29, 1.82) is 0 Å². The van der Waals surface area contributed by atoms with Crippen molar-refractivity contribution in [2.45, 2.75) is 33.0 Å². The van der Waals surface area contributed by atoms with Gasteiger partial charge >= 0.3 is 6.18 Å². The monoisotopic (exact) mass is 492 g/mol. The summed E-state index contributed by atoms with van der Waals surface area (Å²) in [6, 6.07) is 7.05. The van der Waals surface area contributed by atoms with E-state index in [4.69, 9.17) is 16.3 Å². The number of rotatable bonds is 8. The lowest BCUT2D eigenvalue weighted by molar-refractivity contribution is -0.137. The van der Waals surface area contributed by atoms with Crippen molar-refractivity contribution in [2.75, 3.05) is 23.7 Å². The predicted octanol–water partition coefficient (Wildman–Crippen LogP) is 4.33. The Morgan fingerprint density at radius 1 is 1.19 bits per heavy atom. The number of carbonyl (C=O) groups is 1. The minimum atomic E-state index is -4.78. The van der Waals surface area contributed by atoms with E-state index in [1.165, 1.54) is 6.92 Å². The van der Waals surface area contributed by atoms with Crippen LogP contribution in [-0.2, 0) is 21.0 Å². The summed E-state index contributed by atoms with van der Waals surface area (Å²) in [6.45, 7) is 5.27. The molecule has 0 saturated heterocycles. The number of nitrogens with one attached hydrogen (secondary N) is 1. The first-order chi connectivity index (χ1) is 14.7. The summed E-state index contributed by atoms with van der Waals surface area (Å²) in [6.07, 6.45) is -3.98. The first-order valence-corrected chi connectivity index (χ1v) is 11.8. The lowest BCUT2D eigenvalue weighted by Crippen LogP contribution is -2.48. The third-order valence-electron chi connectivity index (χ3n) is 4.60. The van der Waals surface area contributed by atoms with Crippen LogP contribution in [0.3, 0.4) is 0 Å². The molecule has 2 aromatic carbocycles. The quantitative estimate of drug-likeness (QED) is 0.557. The molecule has 6 nitrogen and oxygen atoms in total. The molecule has 32 heavy (non-hydrogen) atoms. The first kappa shape index (κ1) is 25.8. The first-order valence-electron chi connectivity index (χ1n) is 9.55. The van der Waals surface area contributed by atoms with Crippen LogP contribution >= 0.6 is 11.6 Å². The van der Waals surface area contributed by atoms with E-state index in [9.17, 15) is 26.4 Å². The number of benzene rings is 2. The number of hydrogen-bond donors (Lipinski definition) is 1. The van der Waals surface area contributed by atoms with E-state index in [1.807, 2.05) is 32.0 Å². The highest BCUT2D eigenvalue weighted by Gasteiger charge is 2.36. The van der Waals surface area contributed by atoms with Crippen molar-refractivity contribution in [3.8, 4) is 5.75 Å². The van der Waals surface area contributed by atoms with Crippen LogP contribution in [0.5, 0.6) is 5.75 Å². The van der Waals surface area contributed by atoms with E-state index >= 15 is 0 Å². The third kappa shape index (κ3) is 6.52. The Labute approximate surface area is 190 Å². The minimum absolute atomic E-state index is 0.0720. The Morgan fingerprint density at radius 2 is 1.84 bits per heavy atom. The molecule has 0 fully saturated rings. The Morgan fingerprint density at radius 3 is 2.44 bits per heavy atom. The van der Waals surface area contributed by atoms with Gasteiger partial charge in [0.2, 0.25) is 15.9 Å². The van der Waals surface area contributed by atoms with Crippen LogP contribution in [0, 0.1) is 13.8 Å². The lowest BCUT2D eigenvalue weighted by atomic mass is 10.1. The van der Waals surface area contributed by atoms with E-state index in [0.29, 0.717) is 16.1 Å². The number of alkyl halides is 3. The number of halogens is 4. The molecule has 0 bridgehead atoms. The van der Waals surface area contributed by atoms with Gasteiger partial charge in [0.15, 0.2) is 0 Å². The predicted molar refractivity (Wildman–Crippen MR) is 118 cm³/mol. The average Bonchev–Trinajstić information content (AvgIpc) is 2.67. The van der Waals surface area contributed by atoms with E-state index in [-0.39, 0.29) is 18.8 Å². The van der Waals surface area contributed by atoms with Gasteiger partial charge in [0.05, 0.1) is 29.1 Å². The molecule has 2 rings (SSSR count). The highest BCUT2D eigenvalue weighted by atomic mass is 35.5. The Hall–Kier alpha value is -2.46. The molecule has 0 unspecified atom stereocenters. The number of anilines is 1. The van der Waals surface area contributed by atoms with Gasteiger partial charge in [0.1, 0.15) is 18.4 Å². The number of nitrogens with zero attached hydrogens (tertiary/aromatic N) is 1. The summed E-state index contributed by atoms with van der Waals surface area (Å²) in [7, 11) is -4.09. The molecule has 2 aromatic rings. The van der Waals surface area contributed by atoms with Crippen molar-refractivity contribution >= 4 is 33.2 Å². The van der Waals surface area contributed by atoms with Crippen molar-refractivity contribution in [3.05, 3.63) is 58.1 Å². The molecule has 1 N–H and O–H groups in total. The number of amides is 1. The number of sulfonamides is 1. The second kappa shape index (κ2) is 9.99. The molecule has 0 aliphatic rings. The van der Waals surface area contributed by atoms with Gasteiger partial charge in [-0.3, -0.25) is 9.10 Å². The van der Waals surface area contributed by atoms with Gasteiger partial charge in [0.25, 0.3) is 0 Å². The molecular formula is C21H24ClF3N2O4S. The van der Waals surface area contributed by atoms with E-state index < -0.39 is 38.7 Å². The molecule has 1 atom stereocenters. The minimum Gasteiger partial charge on any atom is -0.491 e. The molecule has 0 saturated carbocycles. The maximum absolute atomic E-state index is 13.2. The van der Waals surface area contributed by atoms with Crippen LogP contribution in [0.4, 0.5) is 18.9 Å². The lowest BCUT2D eigenvalue weighted by Gasteiger charge is -2.29. The summed E-state index contributed by atoms with van der Waals surface area (Å²) in [5, 5.41) is 1.97. The largest absolute Gasteiger partial charge is 0.491 e. The fourth-order valence-corrected chi connectivity index (χ4v) is 4.41. The Bertz CT molecular complexity index is 1090. The van der Waals surface area contributed by atoms with Gasteiger partial charge in [-0.25, -0.2) is 8.42 Å². The van der Waals surface area contributed by atoms with Gasteiger partial charge in [-0.2, -0.15) is 13.2 Å². The zero-order valence-electron chi connectivity index (χ0n) is 18.0. The maximum atomic E-state index is 13.2. The molecule has 0 radical (unpaired) electrons. The maximum Gasteiger partial charge on any atom is 0.417 e. The van der Waals surface area contributed by atoms with Crippen LogP contribution in [0.2, 0.25) is 5.02 Å². The van der Waals surface area contributed by atoms with Crippen molar-refractivity contribution in [3.63, 3.8) is 0 Å². The molecule has 0 aliphatic carbocycles. The fraction of sp³-hybridized carbons (Fsp3) is 0.381. The molecule has 11 heteroatoms. The summed E-state index contributed by atoms with van der Waals surface area (Å²) in [5.74, 6) is -0.0330. The zero-order chi connectivity index (χ0) is 24.3. The molecule has 0 aromatic heterocycles. The molecule has 0 heterocycles. The smallest absolute Gasteiger partial charge is 0.417 e. The normalized spacial score (nSPS) is 12.9. The third-order valence-corrected chi connectivity index (χ3v) is 6.17. The number of aryl methyl sites for hydroxylation is 2. The summed E-state index contributed by atoms with van der Waals surface area (Å²) in [4.78, 5) is 12.6. The summed E-state index contributed by atoms with van der Waals surface area (Å²) >= 11 is 5.62. The van der Waals surface area contributed by atoms with Crippen molar-refractivity contribution < 1.29 is 31.1 Å². The topological polar surface area (TPSA) is 75.7 Å². The SMILES string of the molecule is Cc1ccc(C)c(OCCNC(=O)[C@H](C)N(c2ccc(Cl)c(C(F)(F)F)c2)S(C)(=O)=O)c1. The van der Waals surface area contributed by atoms with E-state index in [2.05, 4.69) is 5.32 Å². The van der Waals surface area contributed by atoms with Gasteiger partial charge in [-0.1, -0.05) is 23.7 Å². The molecule has 0 aliphatic heterocycles. The Balaban J connectivity index is 2.14. The summed E-state index contributed by atoms with van der Waals surface area (Å²) < 4.78 is 70.5. The fourth-order valence-electron chi connectivity index (χ4n) is 3.02. The van der Waals surface area contributed by atoms with Crippen molar-refractivity contribution in [2.24, 2.45) is 0 Å². The number of hydrogen-bond acceptors (Lipinski definition) is 4. The molecule has 0 spiro atoms. The van der Waals surface area contributed by atoms with Gasteiger partial charge in [-0.15, -0.1) is 0 Å². The number of carbonyl (C=O) groups excluding carboxylic acids is 1. The molecule has 176 valence electrons. The van der Waals surface area contributed by atoms with Crippen LogP contribution in [0.25, 0.3) is 0 Å². The van der Waals surface area contributed by atoms with Crippen LogP contribution in [-0.4, -0.2) is 39.8 Å². The average molecular weight is 493 g/mol. The number of ether oxygens (including phenoxy) is 1. The van der Waals surface area contributed by atoms with Crippen LogP contribution < -0.4 is 14.4 Å². The van der Waals surface area contributed by atoms with E-state index in [0.717, 1.165) is 29.5 Å². The second-order valence-corrected chi connectivity index (χ2v) is 9.57.